The molecule has 0 saturated heterocycles. The number of rotatable bonds is 9. The van der Waals surface area contributed by atoms with Gasteiger partial charge in [-0.1, -0.05) is 54.6 Å². The Bertz CT molecular complexity index is 977. The summed E-state index contributed by atoms with van der Waals surface area (Å²) in [7, 11) is 0. The summed E-state index contributed by atoms with van der Waals surface area (Å²) in [4.78, 5) is 0. The van der Waals surface area contributed by atoms with Gasteiger partial charge in [0.2, 0.25) is 0 Å². The van der Waals surface area contributed by atoms with Gasteiger partial charge in [0.15, 0.2) is 0 Å². The van der Waals surface area contributed by atoms with E-state index in [1.54, 1.807) is 5.56 Å². The first-order valence-corrected chi connectivity index (χ1v) is 12.1. The van der Waals surface area contributed by atoms with Crippen LogP contribution in [0, 0.1) is 5.92 Å². The average Bonchev–Trinajstić information content (AvgIpc) is 2.82. The summed E-state index contributed by atoms with van der Waals surface area (Å²) in [5.74, 6) is 2.63. The minimum Gasteiger partial charge on any atom is -0.494 e. The monoisotopic (exact) mass is 412 g/mol. The Hall–Kier alpha value is -2.54. The van der Waals surface area contributed by atoms with E-state index < -0.39 is 0 Å². The second-order valence-corrected chi connectivity index (χ2v) is 9.10. The summed E-state index contributed by atoms with van der Waals surface area (Å²) in [5.41, 5.74) is 4.38. The molecule has 1 nitrogen and oxygen atoms in total. The minimum atomic E-state index is 0.708. The van der Waals surface area contributed by atoms with E-state index in [1.807, 2.05) is 6.92 Å². The van der Waals surface area contributed by atoms with Crippen LogP contribution in [0.15, 0.2) is 73.3 Å². The largest absolute Gasteiger partial charge is 0.494 e. The van der Waals surface area contributed by atoms with Gasteiger partial charge in [-0.25, -0.2) is 0 Å². The van der Waals surface area contributed by atoms with Gasteiger partial charge in [-0.2, -0.15) is 0 Å². The standard InChI is InChI=1S/C30H36O/c1-3-5-6-23-9-14-26(15-10-23)27-16-11-24(12-17-27)7-8-25-13-18-29-22-30(31-4-2)20-19-28(29)21-25/h3,11-13,16-23,26H,1,4-10,14-15H2,2H3. The highest BCUT2D eigenvalue weighted by Crippen LogP contribution is 2.37. The van der Waals surface area contributed by atoms with Gasteiger partial charge >= 0.3 is 0 Å². The van der Waals surface area contributed by atoms with Gasteiger partial charge in [0.25, 0.3) is 0 Å². The maximum absolute atomic E-state index is 5.62. The second-order valence-electron chi connectivity index (χ2n) is 9.10. The van der Waals surface area contributed by atoms with Gasteiger partial charge in [0.1, 0.15) is 5.75 Å². The van der Waals surface area contributed by atoms with Crippen LogP contribution < -0.4 is 4.74 Å². The van der Waals surface area contributed by atoms with Gasteiger partial charge in [0, 0.05) is 0 Å². The SMILES string of the molecule is C=CCCC1CCC(c2ccc(CCc3ccc4cc(OCC)ccc4c3)cc2)CC1. The zero-order valence-electron chi connectivity index (χ0n) is 19.0. The molecule has 31 heavy (non-hydrogen) atoms. The molecule has 1 aliphatic carbocycles. The highest BCUT2D eigenvalue weighted by Gasteiger charge is 2.21. The van der Waals surface area contributed by atoms with E-state index in [9.17, 15) is 0 Å². The highest BCUT2D eigenvalue weighted by molar-refractivity contribution is 5.84. The normalized spacial score (nSPS) is 18.7. The fourth-order valence-electron chi connectivity index (χ4n) is 5.07. The Morgan fingerprint density at radius 2 is 1.52 bits per heavy atom. The lowest BCUT2D eigenvalue weighted by molar-refractivity contribution is 0.312. The molecule has 3 aromatic carbocycles. The number of benzene rings is 3. The first-order chi connectivity index (χ1) is 15.2. The Balaban J connectivity index is 1.31. The van der Waals surface area contributed by atoms with Crippen molar-refractivity contribution in [2.75, 3.05) is 6.61 Å². The fourth-order valence-corrected chi connectivity index (χ4v) is 5.07. The van der Waals surface area contributed by atoms with Crippen molar-refractivity contribution in [1.82, 2.24) is 0 Å². The number of allylic oxidation sites excluding steroid dienone is 1. The second kappa shape index (κ2) is 10.7. The molecular weight excluding hydrogens is 376 g/mol. The van der Waals surface area contributed by atoms with Crippen LogP contribution in [0.1, 0.15) is 68.1 Å². The first kappa shape index (κ1) is 21.7. The molecule has 1 heteroatoms. The molecule has 0 N–H and O–H groups in total. The fraction of sp³-hybridized carbons (Fsp3) is 0.400. The van der Waals surface area contributed by atoms with Crippen LogP contribution in [0.3, 0.4) is 0 Å². The summed E-state index contributed by atoms with van der Waals surface area (Å²) >= 11 is 0. The maximum atomic E-state index is 5.62. The van der Waals surface area contributed by atoms with Crippen LogP contribution in [0.25, 0.3) is 10.8 Å². The molecule has 1 aliphatic rings. The van der Waals surface area contributed by atoms with Gasteiger partial charge in [-0.15, -0.1) is 6.58 Å². The molecule has 1 fully saturated rings. The molecule has 4 rings (SSSR count). The predicted molar refractivity (Wildman–Crippen MR) is 133 cm³/mol. The lowest BCUT2D eigenvalue weighted by Gasteiger charge is -2.28. The molecule has 0 radical (unpaired) electrons. The van der Waals surface area contributed by atoms with Crippen molar-refractivity contribution in [3.8, 4) is 5.75 Å². The predicted octanol–water partition coefficient (Wildman–Crippen LogP) is 8.26. The third kappa shape index (κ3) is 5.79. The van der Waals surface area contributed by atoms with E-state index in [4.69, 9.17) is 4.74 Å². The smallest absolute Gasteiger partial charge is 0.119 e. The molecule has 0 bridgehead atoms. The van der Waals surface area contributed by atoms with Crippen molar-refractivity contribution in [2.24, 2.45) is 5.92 Å². The lowest BCUT2D eigenvalue weighted by atomic mass is 9.77. The van der Waals surface area contributed by atoms with Crippen LogP contribution >= 0.6 is 0 Å². The zero-order chi connectivity index (χ0) is 21.5. The molecule has 1 saturated carbocycles. The lowest BCUT2D eigenvalue weighted by Crippen LogP contribution is -2.13. The average molecular weight is 413 g/mol. The van der Waals surface area contributed by atoms with Crippen LogP contribution in [-0.4, -0.2) is 6.61 Å². The Morgan fingerprint density at radius 3 is 2.26 bits per heavy atom. The summed E-state index contributed by atoms with van der Waals surface area (Å²) in [6.45, 7) is 6.60. The van der Waals surface area contributed by atoms with E-state index in [0.717, 1.165) is 30.4 Å². The number of hydrogen-bond donors (Lipinski definition) is 0. The van der Waals surface area contributed by atoms with Crippen molar-refractivity contribution in [1.29, 1.82) is 0 Å². The minimum absolute atomic E-state index is 0.708. The van der Waals surface area contributed by atoms with Gasteiger partial charge in [0.05, 0.1) is 6.61 Å². The third-order valence-electron chi connectivity index (χ3n) is 6.97. The Labute approximate surface area is 188 Å². The molecule has 0 amide bonds. The molecule has 0 unspecified atom stereocenters. The van der Waals surface area contributed by atoms with Crippen LogP contribution in [0.5, 0.6) is 5.75 Å². The molecule has 162 valence electrons. The molecule has 0 aromatic heterocycles. The van der Waals surface area contributed by atoms with Gasteiger partial charge in [-0.3, -0.25) is 0 Å². The van der Waals surface area contributed by atoms with E-state index in [1.165, 1.54) is 60.4 Å². The third-order valence-corrected chi connectivity index (χ3v) is 6.97. The topological polar surface area (TPSA) is 9.23 Å². The van der Waals surface area contributed by atoms with Crippen molar-refractivity contribution >= 4 is 10.8 Å². The molecule has 0 spiro atoms. The van der Waals surface area contributed by atoms with Crippen molar-refractivity contribution in [3.63, 3.8) is 0 Å². The van der Waals surface area contributed by atoms with Crippen molar-refractivity contribution in [3.05, 3.63) is 90.0 Å². The first-order valence-electron chi connectivity index (χ1n) is 12.1. The van der Waals surface area contributed by atoms with E-state index >= 15 is 0 Å². The van der Waals surface area contributed by atoms with Gasteiger partial charge in [-0.05, 0) is 110 Å². The highest BCUT2D eigenvalue weighted by atomic mass is 16.5. The summed E-state index contributed by atoms with van der Waals surface area (Å²) in [6.07, 6.45) is 12.2. The number of hydrogen-bond acceptors (Lipinski definition) is 1. The van der Waals surface area contributed by atoms with E-state index in [0.29, 0.717) is 6.61 Å². The van der Waals surface area contributed by atoms with Crippen molar-refractivity contribution in [2.45, 2.75) is 64.2 Å². The maximum Gasteiger partial charge on any atom is 0.119 e. The van der Waals surface area contributed by atoms with Gasteiger partial charge < -0.3 is 4.74 Å². The summed E-state index contributed by atoms with van der Waals surface area (Å²) < 4.78 is 5.62. The molecule has 3 aromatic rings. The summed E-state index contributed by atoms with van der Waals surface area (Å²) in [5, 5.41) is 2.54. The number of fused-ring (bicyclic) bond motifs is 1. The van der Waals surface area contributed by atoms with Crippen molar-refractivity contribution < 1.29 is 4.74 Å². The Morgan fingerprint density at radius 1 is 0.839 bits per heavy atom. The van der Waals surface area contributed by atoms with Crippen LogP contribution in [-0.2, 0) is 12.8 Å². The van der Waals surface area contributed by atoms with E-state index in [2.05, 4.69) is 73.3 Å². The summed E-state index contributed by atoms with van der Waals surface area (Å²) in [6, 6.07) is 22.7. The Kier molecular flexibility index (Phi) is 7.46. The molecule has 0 heterocycles. The molecule has 0 aliphatic heterocycles. The van der Waals surface area contributed by atoms with E-state index in [-0.39, 0.29) is 0 Å². The van der Waals surface area contributed by atoms with Crippen LogP contribution in [0.2, 0.25) is 0 Å². The molecular formula is C30H36O. The zero-order valence-corrected chi connectivity index (χ0v) is 19.0. The molecule has 0 atom stereocenters. The number of aryl methyl sites for hydroxylation is 2. The van der Waals surface area contributed by atoms with Crippen LogP contribution in [0.4, 0.5) is 0 Å². The number of ether oxygens (including phenoxy) is 1. The quantitative estimate of drug-likeness (QED) is 0.321.